The van der Waals surface area contributed by atoms with Gasteiger partial charge in [0.2, 0.25) is 0 Å². The van der Waals surface area contributed by atoms with Crippen LogP contribution in [0.2, 0.25) is 0 Å². The first kappa shape index (κ1) is 10.2. The van der Waals surface area contributed by atoms with E-state index in [0.29, 0.717) is 0 Å². The van der Waals surface area contributed by atoms with Crippen LogP contribution in [0, 0.1) is 6.57 Å². The Labute approximate surface area is 90.1 Å². The van der Waals surface area contributed by atoms with Gasteiger partial charge in [-0.2, -0.15) is 0 Å². The number of nitrogens with zero attached hydrogens (tertiary/aromatic N) is 2. The summed E-state index contributed by atoms with van der Waals surface area (Å²) in [5, 5.41) is 0. The van der Waals surface area contributed by atoms with Crippen molar-refractivity contribution < 1.29 is 4.74 Å². The molecule has 1 aromatic rings. The monoisotopic (exact) mass is 202 g/mol. The molecule has 0 aliphatic carbocycles. The van der Waals surface area contributed by atoms with E-state index in [1.165, 1.54) is 5.56 Å². The number of rotatable bonds is 2. The Morgan fingerprint density at radius 3 is 2.87 bits per heavy atom. The number of hydrogen-bond acceptors (Lipinski definition) is 2. The van der Waals surface area contributed by atoms with Crippen LogP contribution in [0.4, 0.5) is 5.69 Å². The summed E-state index contributed by atoms with van der Waals surface area (Å²) in [5.41, 5.74) is 1.94. The summed E-state index contributed by atoms with van der Waals surface area (Å²) in [6.45, 7) is 11.5. The second-order valence-electron chi connectivity index (χ2n) is 3.67. The van der Waals surface area contributed by atoms with E-state index in [1.807, 2.05) is 18.2 Å². The Balaban J connectivity index is 2.00. The smallest absolute Gasteiger partial charge is 0.187 e. The molecule has 3 nitrogen and oxygen atoms in total. The van der Waals surface area contributed by atoms with Gasteiger partial charge in [-0.05, 0) is 5.56 Å². The van der Waals surface area contributed by atoms with E-state index in [2.05, 4.69) is 15.8 Å². The van der Waals surface area contributed by atoms with Crippen molar-refractivity contribution in [2.45, 2.75) is 6.54 Å². The van der Waals surface area contributed by atoms with Crippen molar-refractivity contribution in [3.05, 3.63) is 41.2 Å². The van der Waals surface area contributed by atoms with E-state index >= 15 is 0 Å². The lowest BCUT2D eigenvalue weighted by Crippen LogP contribution is -2.35. The molecule has 0 spiro atoms. The number of benzene rings is 1. The lowest BCUT2D eigenvalue weighted by molar-refractivity contribution is 0.0342. The molecule has 0 atom stereocenters. The van der Waals surface area contributed by atoms with E-state index < -0.39 is 0 Å². The molecule has 0 aromatic heterocycles. The third-order valence-electron chi connectivity index (χ3n) is 2.55. The number of morpholine rings is 1. The summed E-state index contributed by atoms with van der Waals surface area (Å²) in [4.78, 5) is 5.78. The fraction of sp³-hybridized carbons (Fsp3) is 0.417. The zero-order valence-corrected chi connectivity index (χ0v) is 8.65. The Hall–Kier alpha value is -1.37. The van der Waals surface area contributed by atoms with E-state index in [9.17, 15) is 0 Å². The first-order valence-electron chi connectivity index (χ1n) is 5.15. The molecular weight excluding hydrogens is 188 g/mol. The molecule has 2 rings (SSSR count). The Bertz CT molecular complexity index is 364. The first-order valence-corrected chi connectivity index (χ1v) is 5.15. The zero-order chi connectivity index (χ0) is 10.5. The molecule has 0 bridgehead atoms. The number of ether oxygens (including phenoxy) is 1. The van der Waals surface area contributed by atoms with Crippen molar-refractivity contribution in [1.82, 2.24) is 4.90 Å². The van der Waals surface area contributed by atoms with Gasteiger partial charge in [-0.15, -0.1) is 0 Å². The summed E-state index contributed by atoms with van der Waals surface area (Å²) >= 11 is 0. The molecule has 1 aliphatic rings. The van der Waals surface area contributed by atoms with Gasteiger partial charge in [-0.3, -0.25) is 4.90 Å². The topological polar surface area (TPSA) is 16.8 Å². The second kappa shape index (κ2) is 4.92. The molecule has 0 amide bonds. The van der Waals surface area contributed by atoms with Gasteiger partial charge in [-0.25, -0.2) is 4.85 Å². The maximum absolute atomic E-state index is 6.95. The highest BCUT2D eigenvalue weighted by molar-refractivity contribution is 5.46. The molecule has 0 N–H and O–H groups in total. The molecule has 0 radical (unpaired) electrons. The van der Waals surface area contributed by atoms with Gasteiger partial charge in [0.1, 0.15) is 0 Å². The minimum atomic E-state index is 0.723. The van der Waals surface area contributed by atoms with Crippen LogP contribution in [-0.2, 0) is 11.3 Å². The summed E-state index contributed by atoms with van der Waals surface area (Å²) in [6, 6.07) is 7.82. The largest absolute Gasteiger partial charge is 0.379 e. The minimum absolute atomic E-state index is 0.723. The zero-order valence-electron chi connectivity index (χ0n) is 8.65. The van der Waals surface area contributed by atoms with Crippen molar-refractivity contribution in [2.24, 2.45) is 0 Å². The Kier molecular flexibility index (Phi) is 3.33. The van der Waals surface area contributed by atoms with Crippen molar-refractivity contribution >= 4 is 5.69 Å². The van der Waals surface area contributed by atoms with E-state index in [1.54, 1.807) is 0 Å². The fourth-order valence-electron chi connectivity index (χ4n) is 1.74. The SMILES string of the molecule is [C-]#[N+]c1cccc(CN2CCOCC2)c1. The molecule has 0 unspecified atom stereocenters. The van der Waals surface area contributed by atoms with Crippen molar-refractivity contribution in [1.29, 1.82) is 0 Å². The lowest BCUT2D eigenvalue weighted by Gasteiger charge is -2.26. The molecule has 1 heterocycles. The lowest BCUT2D eigenvalue weighted by atomic mass is 10.2. The van der Waals surface area contributed by atoms with Crippen LogP contribution in [-0.4, -0.2) is 31.2 Å². The second-order valence-corrected chi connectivity index (χ2v) is 3.67. The van der Waals surface area contributed by atoms with Crippen LogP contribution in [0.25, 0.3) is 4.85 Å². The van der Waals surface area contributed by atoms with Gasteiger partial charge in [0.05, 0.1) is 19.8 Å². The summed E-state index contributed by atoms with van der Waals surface area (Å²) in [6.07, 6.45) is 0. The van der Waals surface area contributed by atoms with Crippen LogP contribution < -0.4 is 0 Å². The average Bonchev–Trinajstić information content (AvgIpc) is 2.31. The maximum Gasteiger partial charge on any atom is 0.187 e. The first-order chi connectivity index (χ1) is 7.38. The predicted molar refractivity (Wildman–Crippen MR) is 58.8 cm³/mol. The molecule has 3 heteroatoms. The Morgan fingerprint density at radius 2 is 2.13 bits per heavy atom. The van der Waals surface area contributed by atoms with E-state index in [0.717, 1.165) is 38.5 Å². The quantitative estimate of drug-likeness (QED) is 0.683. The minimum Gasteiger partial charge on any atom is -0.379 e. The standard InChI is InChI=1S/C12H14N2O/c1-13-12-4-2-3-11(9-12)10-14-5-7-15-8-6-14/h2-4,9H,5-8,10H2. The molecule has 1 aliphatic heterocycles. The molecule has 1 aromatic carbocycles. The molecule has 1 saturated heterocycles. The van der Waals surface area contributed by atoms with Crippen LogP contribution >= 0.6 is 0 Å². The molecule has 15 heavy (non-hydrogen) atoms. The van der Waals surface area contributed by atoms with Crippen LogP contribution in [0.1, 0.15) is 5.56 Å². The van der Waals surface area contributed by atoms with Crippen LogP contribution in [0.5, 0.6) is 0 Å². The third kappa shape index (κ3) is 2.79. The predicted octanol–water partition coefficient (Wildman–Crippen LogP) is 2.07. The van der Waals surface area contributed by atoms with Gasteiger partial charge < -0.3 is 4.74 Å². The molecule has 78 valence electrons. The third-order valence-corrected chi connectivity index (χ3v) is 2.55. The maximum atomic E-state index is 6.95. The normalized spacial score (nSPS) is 17.3. The molecule has 1 fully saturated rings. The van der Waals surface area contributed by atoms with Gasteiger partial charge in [0, 0.05) is 19.6 Å². The van der Waals surface area contributed by atoms with Crippen LogP contribution in [0.3, 0.4) is 0 Å². The van der Waals surface area contributed by atoms with E-state index in [-0.39, 0.29) is 0 Å². The van der Waals surface area contributed by atoms with Crippen molar-refractivity contribution in [3.8, 4) is 0 Å². The molecular formula is C12H14N2O. The summed E-state index contributed by atoms with van der Waals surface area (Å²) < 4.78 is 5.29. The number of hydrogen-bond donors (Lipinski definition) is 0. The fourth-order valence-corrected chi connectivity index (χ4v) is 1.74. The highest BCUT2D eigenvalue weighted by Gasteiger charge is 2.10. The van der Waals surface area contributed by atoms with Gasteiger partial charge >= 0.3 is 0 Å². The van der Waals surface area contributed by atoms with Crippen molar-refractivity contribution in [3.63, 3.8) is 0 Å². The average molecular weight is 202 g/mol. The highest BCUT2D eigenvalue weighted by atomic mass is 16.5. The van der Waals surface area contributed by atoms with Crippen molar-refractivity contribution in [2.75, 3.05) is 26.3 Å². The van der Waals surface area contributed by atoms with E-state index in [4.69, 9.17) is 11.3 Å². The Morgan fingerprint density at radius 1 is 1.33 bits per heavy atom. The van der Waals surface area contributed by atoms with Gasteiger partial charge in [0.15, 0.2) is 5.69 Å². The molecule has 0 saturated carbocycles. The van der Waals surface area contributed by atoms with Gasteiger partial charge in [0.25, 0.3) is 0 Å². The van der Waals surface area contributed by atoms with Crippen LogP contribution in [0.15, 0.2) is 24.3 Å². The highest BCUT2D eigenvalue weighted by Crippen LogP contribution is 2.15. The van der Waals surface area contributed by atoms with Gasteiger partial charge in [-0.1, -0.05) is 24.3 Å². The summed E-state index contributed by atoms with van der Waals surface area (Å²) in [7, 11) is 0. The summed E-state index contributed by atoms with van der Waals surface area (Å²) in [5.74, 6) is 0.